The number of benzene rings is 1. The normalized spacial score (nSPS) is 12.7. The fraction of sp³-hybridized carbons (Fsp3) is 0.400. The number of hydrogen-bond acceptors (Lipinski definition) is 2. The molecule has 0 bridgehead atoms. The van der Waals surface area contributed by atoms with Gasteiger partial charge in [0, 0.05) is 17.4 Å². The summed E-state index contributed by atoms with van der Waals surface area (Å²) in [6.45, 7) is 4.66. The number of aliphatic hydroxyl groups is 1. The Morgan fingerprint density at radius 3 is 2.70 bits per heavy atom. The third kappa shape index (κ3) is 3.43. The minimum Gasteiger partial charge on any atom is -0.392 e. The molecule has 1 aromatic heterocycles. The molecule has 1 unspecified atom stereocenters. The molecular formula is C15H18BrClN2O. The van der Waals surface area contributed by atoms with Crippen LogP contribution in [0.4, 0.5) is 0 Å². The molecule has 0 aliphatic rings. The number of aromatic nitrogens is 2. The molecule has 0 aliphatic carbocycles. The monoisotopic (exact) mass is 356 g/mol. The molecular weight excluding hydrogens is 340 g/mol. The van der Waals surface area contributed by atoms with Gasteiger partial charge in [-0.2, -0.15) is 5.10 Å². The van der Waals surface area contributed by atoms with E-state index >= 15 is 0 Å². The molecule has 0 amide bonds. The van der Waals surface area contributed by atoms with Crippen LogP contribution in [0.2, 0.25) is 5.02 Å². The van der Waals surface area contributed by atoms with E-state index in [1.54, 1.807) is 0 Å². The highest BCUT2D eigenvalue weighted by atomic mass is 79.9. The van der Waals surface area contributed by atoms with Gasteiger partial charge >= 0.3 is 0 Å². The standard InChI is InChI=1S/C15H18BrClN2O/c1-3-19-14(15(17)10(2)18-19)9-12(20)8-11-6-4-5-7-13(11)16/h4-7,12,20H,3,8-9H2,1-2H3. The summed E-state index contributed by atoms with van der Waals surface area (Å²) < 4.78 is 2.88. The SMILES string of the molecule is CCn1nc(C)c(Cl)c1CC(O)Cc1ccccc1Br. The lowest BCUT2D eigenvalue weighted by Crippen LogP contribution is -2.17. The first-order chi connectivity index (χ1) is 9.52. The summed E-state index contributed by atoms with van der Waals surface area (Å²) in [6, 6.07) is 7.93. The molecule has 0 fully saturated rings. The molecule has 1 aromatic carbocycles. The van der Waals surface area contributed by atoms with Crippen LogP contribution in [0.25, 0.3) is 0 Å². The third-order valence-corrected chi connectivity index (χ3v) is 4.56. The Hall–Kier alpha value is -0.840. The van der Waals surface area contributed by atoms with Crippen molar-refractivity contribution in [3.63, 3.8) is 0 Å². The molecule has 2 aromatic rings. The number of halogens is 2. The largest absolute Gasteiger partial charge is 0.392 e. The minimum atomic E-state index is -0.479. The van der Waals surface area contributed by atoms with Gasteiger partial charge in [-0.25, -0.2) is 0 Å². The smallest absolute Gasteiger partial charge is 0.0848 e. The minimum absolute atomic E-state index is 0.479. The number of hydrogen-bond donors (Lipinski definition) is 1. The van der Waals surface area contributed by atoms with E-state index in [1.165, 1.54) is 0 Å². The summed E-state index contributed by atoms with van der Waals surface area (Å²) in [4.78, 5) is 0. The molecule has 1 atom stereocenters. The molecule has 108 valence electrons. The molecule has 0 aliphatic heterocycles. The molecule has 1 N–H and O–H groups in total. The van der Waals surface area contributed by atoms with Gasteiger partial charge in [0.15, 0.2) is 0 Å². The van der Waals surface area contributed by atoms with Gasteiger partial charge in [-0.15, -0.1) is 0 Å². The van der Waals surface area contributed by atoms with Crippen LogP contribution < -0.4 is 0 Å². The molecule has 2 rings (SSSR count). The molecule has 0 radical (unpaired) electrons. The number of nitrogens with zero attached hydrogens (tertiary/aromatic N) is 2. The van der Waals surface area contributed by atoms with Crippen LogP contribution in [0.1, 0.15) is 23.9 Å². The Bertz CT molecular complexity index is 598. The van der Waals surface area contributed by atoms with Gasteiger partial charge in [-0.05, 0) is 31.9 Å². The maximum atomic E-state index is 10.3. The summed E-state index contributed by atoms with van der Waals surface area (Å²) >= 11 is 9.77. The van der Waals surface area contributed by atoms with Crippen LogP contribution in [-0.4, -0.2) is 21.0 Å². The van der Waals surface area contributed by atoms with Crippen LogP contribution in [0.15, 0.2) is 28.7 Å². The van der Waals surface area contributed by atoms with Crippen molar-refractivity contribution in [3.05, 3.63) is 50.7 Å². The lowest BCUT2D eigenvalue weighted by molar-refractivity contribution is 0.172. The van der Waals surface area contributed by atoms with Crippen molar-refractivity contribution < 1.29 is 5.11 Å². The quantitative estimate of drug-likeness (QED) is 0.884. The predicted molar refractivity (Wildman–Crippen MR) is 85.2 cm³/mol. The van der Waals surface area contributed by atoms with Crippen molar-refractivity contribution >= 4 is 27.5 Å². The van der Waals surface area contributed by atoms with Crippen molar-refractivity contribution in [3.8, 4) is 0 Å². The number of aryl methyl sites for hydroxylation is 2. The lowest BCUT2D eigenvalue weighted by atomic mass is 10.0. The zero-order valence-electron chi connectivity index (χ0n) is 11.6. The van der Waals surface area contributed by atoms with Gasteiger partial charge in [0.25, 0.3) is 0 Å². The number of rotatable bonds is 5. The average molecular weight is 358 g/mol. The van der Waals surface area contributed by atoms with Crippen molar-refractivity contribution in [1.29, 1.82) is 0 Å². The summed E-state index contributed by atoms with van der Waals surface area (Å²) in [5.41, 5.74) is 2.82. The van der Waals surface area contributed by atoms with E-state index in [0.717, 1.165) is 28.0 Å². The van der Waals surface area contributed by atoms with Gasteiger partial charge in [-0.3, -0.25) is 4.68 Å². The van der Waals surface area contributed by atoms with E-state index in [-0.39, 0.29) is 0 Å². The van der Waals surface area contributed by atoms with E-state index in [9.17, 15) is 5.11 Å². The Morgan fingerprint density at radius 2 is 2.05 bits per heavy atom. The highest BCUT2D eigenvalue weighted by Crippen LogP contribution is 2.24. The van der Waals surface area contributed by atoms with E-state index in [0.29, 0.717) is 17.9 Å². The summed E-state index contributed by atoms with van der Waals surface area (Å²) in [5, 5.41) is 15.3. The molecule has 0 saturated carbocycles. The van der Waals surface area contributed by atoms with Crippen LogP contribution in [0.3, 0.4) is 0 Å². The van der Waals surface area contributed by atoms with E-state index < -0.39 is 6.10 Å². The Morgan fingerprint density at radius 1 is 1.35 bits per heavy atom. The van der Waals surface area contributed by atoms with Crippen LogP contribution in [0.5, 0.6) is 0 Å². The van der Waals surface area contributed by atoms with Crippen LogP contribution in [0, 0.1) is 6.92 Å². The van der Waals surface area contributed by atoms with E-state index in [1.807, 2.05) is 42.8 Å². The highest BCUT2D eigenvalue weighted by Gasteiger charge is 2.17. The molecule has 3 nitrogen and oxygen atoms in total. The molecule has 0 saturated heterocycles. The maximum absolute atomic E-state index is 10.3. The van der Waals surface area contributed by atoms with Crippen molar-refractivity contribution in [2.75, 3.05) is 0 Å². The second-order valence-electron chi connectivity index (χ2n) is 4.82. The summed E-state index contributed by atoms with van der Waals surface area (Å²) in [7, 11) is 0. The Kier molecular flexibility index (Phi) is 5.24. The van der Waals surface area contributed by atoms with Gasteiger partial charge in [0.05, 0.1) is 22.5 Å². The van der Waals surface area contributed by atoms with E-state index in [4.69, 9.17) is 11.6 Å². The molecule has 1 heterocycles. The van der Waals surface area contributed by atoms with Crippen molar-refractivity contribution in [2.45, 2.75) is 39.3 Å². The first-order valence-corrected chi connectivity index (χ1v) is 7.83. The number of aliphatic hydroxyl groups excluding tert-OH is 1. The first kappa shape index (κ1) is 15.5. The summed E-state index contributed by atoms with van der Waals surface area (Å²) in [5.74, 6) is 0. The predicted octanol–water partition coefficient (Wildman–Crippen LogP) is 3.77. The first-order valence-electron chi connectivity index (χ1n) is 6.66. The van der Waals surface area contributed by atoms with Gasteiger partial charge < -0.3 is 5.11 Å². The Balaban J connectivity index is 2.12. The van der Waals surface area contributed by atoms with Gasteiger partial charge in [0.1, 0.15) is 0 Å². The van der Waals surface area contributed by atoms with Crippen LogP contribution >= 0.6 is 27.5 Å². The third-order valence-electron chi connectivity index (χ3n) is 3.30. The molecule has 20 heavy (non-hydrogen) atoms. The molecule has 5 heteroatoms. The van der Waals surface area contributed by atoms with Crippen LogP contribution in [-0.2, 0) is 19.4 Å². The van der Waals surface area contributed by atoms with Gasteiger partial charge in [-0.1, -0.05) is 45.7 Å². The zero-order valence-corrected chi connectivity index (χ0v) is 13.9. The molecule has 0 spiro atoms. The highest BCUT2D eigenvalue weighted by molar-refractivity contribution is 9.10. The summed E-state index contributed by atoms with van der Waals surface area (Å²) in [6.07, 6.45) is 0.619. The second-order valence-corrected chi connectivity index (χ2v) is 6.05. The Labute approximate surface area is 132 Å². The average Bonchev–Trinajstić information content (AvgIpc) is 2.69. The van der Waals surface area contributed by atoms with E-state index in [2.05, 4.69) is 21.0 Å². The zero-order chi connectivity index (χ0) is 14.7. The maximum Gasteiger partial charge on any atom is 0.0848 e. The lowest BCUT2D eigenvalue weighted by Gasteiger charge is -2.13. The van der Waals surface area contributed by atoms with Crippen molar-refractivity contribution in [1.82, 2.24) is 9.78 Å². The van der Waals surface area contributed by atoms with Gasteiger partial charge in [0.2, 0.25) is 0 Å². The fourth-order valence-electron chi connectivity index (χ4n) is 2.28. The second kappa shape index (κ2) is 6.74. The van der Waals surface area contributed by atoms with Crippen molar-refractivity contribution in [2.24, 2.45) is 0 Å². The topological polar surface area (TPSA) is 38.0 Å². The fourth-order valence-corrected chi connectivity index (χ4v) is 2.94.